The van der Waals surface area contributed by atoms with Gasteiger partial charge in [0.25, 0.3) is 5.91 Å². The van der Waals surface area contributed by atoms with Gasteiger partial charge in [-0.2, -0.15) is 0 Å². The number of amides is 1. The number of fused-ring (bicyclic) bond motifs is 1. The Balaban J connectivity index is 1.46. The van der Waals surface area contributed by atoms with Crippen molar-refractivity contribution in [3.8, 4) is 0 Å². The molecule has 0 bridgehead atoms. The fraction of sp³-hybridized carbons (Fsp3) is 0.182. The molecule has 0 radical (unpaired) electrons. The minimum absolute atomic E-state index is 0.01000. The van der Waals surface area contributed by atoms with Crippen molar-refractivity contribution in [3.63, 3.8) is 0 Å². The van der Waals surface area contributed by atoms with Gasteiger partial charge in [-0.3, -0.25) is 4.79 Å². The summed E-state index contributed by atoms with van der Waals surface area (Å²) in [5.74, 6) is 0.723. The van der Waals surface area contributed by atoms with E-state index in [1.807, 2.05) is 59.5 Å². The van der Waals surface area contributed by atoms with Crippen molar-refractivity contribution in [2.24, 2.45) is 0 Å². The zero-order valence-electron chi connectivity index (χ0n) is 15.0. The highest BCUT2D eigenvalue weighted by atomic mass is 35.5. The topological polar surface area (TPSA) is 45.2 Å². The number of hydrogen-bond acceptors (Lipinski definition) is 3. The van der Waals surface area contributed by atoms with E-state index in [9.17, 15) is 4.79 Å². The van der Waals surface area contributed by atoms with E-state index in [2.05, 4.69) is 23.3 Å². The summed E-state index contributed by atoms with van der Waals surface area (Å²) < 4.78 is 0. The second-order valence-corrected chi connectivity index (χ2v) is 7.21. The minimum atomic E-state index is -0.01000. The molecule has 1 aliphatic heterocycles. The number of benzene rings is 2. The van der Waals surface area contributed by atoms with Crippen LogP contribution in [0, 0.1) is 0 Å². The lowest BCUT2D eigenvalue weighted by molar-refractivity contribution is 0.0981. The van der Waals surface area contributed by atoms with Gasteiger partial charge in [-0.1, -0.05) is 41.9 Å². The summed E-state index contributed by atoms with van der Waals surface area (Å²) in [5, 5.41) is 3.98. The minimum Gasteiger partial charge on any atom is -0.366 e. The van der Waals surface area contributed by atoms with Crippen LogP contribution in [0.2, 0.25) is 5.02 Å². The number of nitrogens with zero attached hydrogens (tertiary/aromatic N) is 2. The summed E-state index contributed by atoms with van der Waals surface area (Å²) in [6, 6.07) is 19.6. The number of pyridine rings is 1. The maximum atomic E-state index is 13.0. The van der Waals surface area contributed by atoms with Crippen molar-refractivity contribution in [1.82, 2.24) is 4.98 Å². The Bertz CT molecular complexity index is 954. The van der Waals surface area contributed by atoms with Crippen LogP contribution in [0.3, 0.4) is 0 Å². The summed E-state index contributed by atoms with van der Waals surface area (Å²) in [6.45, 7) is 2.72. The lowest BCUT2D eigenvalue weighted by Gasteiger charge is -2.22. The number of aromatic nitrogens is 1. The molecule has 0 aliphatic carbocycles. The molecule has 0 fully saturated rings. The average molecular weight is 378 g/mol. The maximum Gasteiger partial charge on any atom is 0.260 e. The molecule has 3 aromatic rings. The van der Waals surface area contributed by atoms with Crippen LogP contribution in [-0.2, 0) is 13.0 Å². The van der Waals surface area contributed by atoms with Gasteiger partial charge in [0.05, 0.1) is 5.56 Å². The van der Waals surface area contributed by atoms with Crippen molar-refractivity contribution in [1.29, 1.82) is 0 Å². The predicted molar refractivity (Wildman–Crippen MR) is 109 cm³/mol. The predicted octanol–water partition coefficient (Wildman–Crippen LogP) is 4.94. The van der Waals surface area contributed by atoms with E-state index in [4.69, 9.17) is 11.6 Å². The Kier molecular flexibility index (Phi) is 4.82. The van der Waals surface area contributed by atoms with Gasteiger partial charge >= 0.3 is 0 Å². The maximum absolute atomic E-state index is 13.0. The SMILES string of the molecule is CC1Cc2ccccc2N1C(=O)c1ccc(NCc2ccc(Cl)cc2)nc1. The van der Waals surface area contributed by atoms with Crippen molar-refractivity contribution < 1.29 is 4.79 Å². The molecule has 1 amide bonds. The van der Waals surface area contributed by atoms with Gasteiger partial charge in [-0.25, -0.2) is 4.98 Å². The van der Waals surface area contributed by atoms with E-state index in [0.29, 0.717) is 12.1 Å². The van der Waals surface area contributed by atoms with E-state index in [0.717, 1.165) is 28.5 Å². The molecule has 0 spiro atoms. The summed E-state index contributed by atoms with van der Waals surface area (Å²) in [5.41, 5.74) is 3.92. The molecule has 5 heteroatoms. The molecule has 1 aliphatic rings. The molecule has 4 rings (SSSR count). The largest absolute Gasteiger partial charge is 0.366 e. The van der Waals surface area contributed by atoms with Crippen LogP contribution in [-0.4, -0.2) is 16.9 Å². The third kappa shape index (κ3) is 3.67. The lowest BCUT2D eigenvalue weighted by atomic mass is 10.1. The first-order valence-electron chi connectivity index (χ1n) is 8.97. The van der Waals surface area contributed by atoms with Gasteiger partial charge in [0.2, 0.25) is 0 Å². The fourth-order valence-corrected chi connectivity index (χ4v) is 3.56. The Morgan fingerprint density at radius 1 is 1.15 bits per heavy atom. The van der Waals surface area contributed by atoms with E-state index < -0.39 is 0 Å². The normalized spacial score (nSPS) is 15.5. The molecule has 4 nitrogen and oxygen atoms in total. The standard InChI is InChI=1S/C22H20ClN3O/c1-15-12-17-4-2-3-5-20(17)26(15)22(27)18-8-11-21(25-14-18)24-13-16-6-9-19(23)10-7-16/h2-11,14-15H,12-13H2,1H3,(H,24,25). The Morgan fingerprint density at radius 2 is 1.93 bits per heavy atom. The van der Waals surface area contributed by atoms with Crippen LogP contribution in [0.25, 0.3) is 0 Å². The van der Waals surface area contributed by atoms with Crippen molar-refractivity contribution in [3.05, 3.63) is 88.6 Å². The molecule has 136 valence electrons. The number of carbonyl (C=O) groups is 1. The molecular formula is C22H20ClN3O. The fourth-order valence-electron chi connectivity index (χ4n) is 3.43. The molecule has 2 aromatic carbocycles. The first kappa shape index (κ1) is 17.6. The van der Waals surface area contributed by atoms with Crippen LogP contribution in [0.1, 0.15) is 28.4 Å². The van der Waals surface area contributed by atoms with E-state index in [1.165, 1.54) is 5.56 Å². The van der Waals surface area contributed by atoms with Gasteiger partial charge in [-0.05, 0) is 54.8 Å². The average Bonchev–Trinajstić information content (AvgIpc) is 3.03. The van der Waals surface area contributed by atoms with E-state index in [1.54, 1.807) is 6.20 Å². The number of para-hydroxylation sites is 1. The summed E-state index contributed by atoms with van der Waals surface area (Å²) in [7, 11) is 0. The molecule has 1 unspecified atom stereocenters. The van der Waals surface area contributed by atoms with Crippen LogP contribution >= 0.6 is 11.6 Å². The highest BCUT2D eigenvalue weighted by Crippen LogP contribution is 2.33. The number of nitrogens with one attached hydrogen (secondary N) is 1. The van der Waals surface area contributed by atoms with Gasteiger partial charge in [0, 0.05) is 29.5 Å². The Hall–Kier alpha value is -2.85. The quantitative estimate of drug-likeness (QED) is 0.700. The van der Waals surface area contributed by atoms with E-state index in [-0.39, 0.29) is 11.9 Å². The monoisotopic (exact) mass is 377 g/mol. The van der Waals surface area contributed by atoms with Gasteiger partial charge in [0.1, 0.15) is 5.82 Å². The second-order valence-electron chi connectivity index (χ2n) is 6.77. The summed E-state index contributed by atoms with van der Waals surface area (Å²) in [6.07, 6.45) is 2.52. The van der Waals surface area contributed by atoms with Crippen molar-refractivity contribution >= 4 is 29.0 Å². The number of hydrogen-bond donors (Lipinski definition) is 1. The zero-order valence-corrected chi connectivity index (χ0v) is 15.8. The number of rotatable bonds is 4. The molecule has 0 saturated heterocycles. The molecule has 0 saturated carbocycles. The van der Waals surface area contributed by atoms with Gasteiger partial charge in [0.15, 0.2) is 0 Å². The third-order valence-corrected chi connectivity index (χ3v) is 5.08. The Labute approximate surface area is 163 Å². The number of anilines is 2. The number of halogens is 1. The third-order valence-electron chi connectivity index (χ3n) is 4.82. The zero-order chi connectivity index (χ0) is 18.8. The molecule has 1 atom stereocenters. The van der Waals surface area contributed by atoms with E-state index >= 15 is 0 Å². The van der Waals surface area contributed by atoms with Gasteiger partial charge < -0.3 is 10.2 Å². The van der Waals surface area contributed by atoms with Crippen molar-refractivity contribution in [2.75, 3.05) is 10.2 Å². The second kappa shape index (κ2) is 7.41. The van der Waals surface area contributed by atoms with Crippen LogP contribution in [0.15, 0.2) is 66.9 Å². The summed E-state index contributed by atoms with van der Waals surface area (Å²) in [4.78, 5) is 19.3. The first-order valence-corrected chi connectivity index (χ1v) is 9.35. The number of carbonyl (C=O) groups excluding carboxylic acids is 1. The molecule has 1 aromatic heterocycles. The molecular weight excluding hydrogens is 358 g/mol. The highest BCUT2D eigenvalue weighted by Gasteiger charge is 2.31. The smallest absolute Gasteiger partial charge is 0.260 e. The van der Waals surface area contributed by atoms with Crippen LogP contribution in [0.5, 0.6) is 0 Å². The highest BCUT2D eigenvalue weighted by molar-refractivity contribution is 6.30. The molecule has 27 heavy (non-hydrogen) atoms. The van der Waals surface area contributed by atoms with Crippen molar-refractivity contribution in [2.45, 2.75) is 25.9 Å². The first-order chi connectivity index (χ1) is 13.1. The van der Waals surface area contributed by atoms with Gasteiger partial charge in [-0.15, -0.1) is 0 Å². The lowest BCUT2D eigenvalue weighted by Crippen LogP contribution is -2.35. The van der Waals surface area contributed by atoms with Crippen LogP contribution in [0.4, 0.5) is 11.5 Å². The van der Waals surface area contributed by atoms with Crippen LogP contribution < -0.4 is 10.2 Å². The Morgan fingerprint density at radius 3 is 2.67 bits per heavy atom. The molecule has 2 heterocycles. The molecule has 1 N–H and O–H groups in total. The summed E-state index contributed by atoms with van der Waals surface area (Å²) >= 11 is 5.90.